The Balaban J connectivity index is 2.00. The van der Waals surface area contributed by atoms with Crippen molar-refractivity contribution in [3.05, 3.63) is 35.4 Å². The number of rotatable bonds is 3. The lowest BCUT2D eigenvalue weighted by Gasteiger charge is -2.40. The van der Waals surface area contributed by atoms with Crippen LogP contribution in [0.1, 0.15) is 30.9 Å². The van der Waals surface area contributed by atoms with Crippen LogP contribution in [0.25, 0.3) is 0 Å². The maximum absolute atomic E-state index is 12.8. The van der Waals surface area contributed by atoms with E-state index in [1.165, 1.54) is 12.1 Å². The SMILES string of the molecule is C[C@H]1C[C@@H](N(C)Cc2cccc(C(F)(F)F)c2)CCN1C(=O)Cl. The number of piperidine rings is 1. The molecule has 1 aliphatic heterocycles. The topological polar surface area (TPSA) is 23.6 Å². The minimum absolute atomic E-state index is 0.0303. The molecule has 7 heteroatoms. The van der Waals surface area contributed by atoms with Crippen molar-refractivity contribution < 1.29 is 18.0 Å². The number of carbonyl (C=O) groups is 1. The lowest BCUT2D eigenvalue weighted by molar-refractivity contribution is -0.137. The molecular weight excluding hydrogens is 329 g/mol. The van der Waals surface area contributed by atoms with Crippen LogP contribution in [0.2, 0.25) is 0 Å². The molecule has 1 aromatic rings. The Morgan fingerprint density at radius 2 is 2.13 bits per heavy atom. The number of benzene rings is 1. The molecule has 1 amide bonds. The monoisotopic (exact) mass is 348 g/mol. The molecule has 1 fully saturated rings. The van der Waals surface area contributed by atoms with Crippen LogP contribution in [0, 0.1) is 0 Å². The minimum Gasteiger partial charge on any atom is -0.326 e. The molecule has 23 heavy (non-hydrogen) atoms. The fourth-order valence-electron chi connectivity index (χ4n) is 3.07. The van der Waals surface area contributed by atoms with Gasteiger partial charge in [0, 0.05) is 25.2 Å². The van der Waals surface area contributed by atoms with Crippen LogP contribution >= 0.6 is 11.6 Å². The summed E-state index contributed by atoms with van der Waals surface area (Å²) in [5, 5.41) is -0.448. The Morgan fingerprint density at radius 3 is 2.70 bits per heavy atom. The zero-order valence-corrected chi connectivity index (χ0v) is 13.9. The van der Waals surface area contributed by atoms with Gasteiger partial charge in [-0.15, -0.1) is 0 Å². The van der Waals surface area contributed by atoms with E-state index in [2.05, 4.69) is 0 Å². The molecule has 1 aromatic carbocycles. The molecular formula is C16H20ClF3N2O. The summed E-state index contributed by atoms with van der Waals surface area (Å²) in [5.74, 6) is 0. The first-order valence-corrected chi connectivity index (χ1v) is 7.88. The standard InChI is InChI=1S/C16H20ClF3N2O/c1-11-8-14(6-7-22(11)15(17)23)21(2)10-12-4-3-5-13(9-12)16(18,19)20/h3-5,9,11,14H,6-8,10H2,1-2H3/t11-,14-/m0/s1. The molecule has 0 unspecified atom stereocenters. The second-order valence-electron chi connectivity index (χ2n) is 6.09. The summed E-state index contributed by atoms with van der Waals surface area (Å²) in [4.78, 5) is 14.9. The van der Waals surface area contributed by atoms with Gasteiger partial charge < -0.3 is 4.90 Å². The molecule has 0 radical (unpaired) electrons. The highest BCUT2D eigenvalue weighted by atomic mass is 35.5. The smallest absolute Gasteiger partial charge is 0.326 e. The Morgan fingerprint density at radius 1 is 1.43 bits per heavy atom. The maximum Gasteiger partial charge on any atom is 0.416 e. The van der Waals surface area contributed by atoms with Crippen molar-refractivity contribution in [1.29, 1.82) is 0 Å². The highest BCUT2D eigenvalue weighted by Crippen LogP contribution is 2.30. The molecule has 0 aromatic heterocycles. The van der Waals surface area contributed by atoms with Crippen molar-refractivity contribution in [3.63, 3.8) is 0 Å². The predicted molar refractivity (Wildman–Crippen MR) is 83.4 cm³/mol. The third kappa shape index (κ3) is 4.61. The normalized spacial score (nSPS) is 22.5. The Bertz CT molecular complexity index is 565. The van der Waals surface area contributed by atoms with E-state index < -0.39 is 17.1 Å². The summed E-state index contributed by atoms with van der Waals surface area (Å²) >= 11 is 5.54. The third-order valence-electron chi connectivity index (χ3n) is 4.38. The number of halogens is 4. The van der Waals surface area contributed by atoms with Crippen LogP contribution in [0.4, 0.5) is 18.0 Å². The summed E-state index contributed by atoms with van der Waals surface area (Å²) in [6, 6.07) is 5.65. The number of nitrogens with zero attached hydrogens (tertiary/aromatic N) is 2. The van der Waals surface area contributed by atoms with E-state index in [1.807, 2.05) is 18.9 Å². The molecule has 0 aliphatic carbocycles. The average Bonchev–Trinajstić information content (AvgIpc) is 2.46. The van der Waals surface area contributed by atoms with Crippen molar-refractivity contribution in [2.75, 3.05) is 13.6 Å². The van der Waals surface area contributed by atoms with Gasteiger partial charge in [0.25, 0.3) is 0 Å². The van der Waals surface area contributed by atoms with Gasteiger partial charge in [0.05, 0.1) is 5.56 Å². The average molecular weight is 349 g/mol. The first kappa shape index (κ1) is 18.1. The highest BCUT2D eigenvalue weighted by molar-refractivity contribution is 6.62. The first-order chi connectivity index (χ1) is 10.7. The lowest BCUT2D eigenvalue weighted by Crippen LogP contribution is -2.48. The summed E-state index contributed by atoms with van der Waals surface area (Å²) in [7, 11) is 1.90. The summed E-state index contributed by atoms with van der Waals surface area (Å²) in [6.07, 6.45) is -2.80. The third-order valence-corrected chi connectivity index (χ3v) is 4.60. The van der Waals surface area contributed by atoms with Crippen LogP contribution in [-0.2, 0) is 12.7 Å². The van der Waals surface area contributed by atoms with Gasteiger partial charge in [-0.3, -0.25) is 9.69 Å². The van der Waals surface area contributed by atoms with Gasteiger partial charge in [-0.05, 0) is 50.0 Å². The molecule has 0 spiro atoms. The number of amides is 1. The molecule has 3 nitrogen and oxygen atoms in total. The van der Waals surface area contributed by atoms with Crippen LogP contribution < -0.4 is 0 Å². The van der Waals surface area contributed by atoms with Crippen molar-refractivity contribution in [1.82, 2.24) is 9.80 Å². The number of carbonyl (C=O) groups excluding carboxylic acids is 1. The summed E-state index contributed by atoms with van der Waals surface area (Å²) in [5.41, 5.74) is 0.00477. The molecule has 2 atom stereocenters. The molecule has 1 saturated heterocycles. The molecule has 0 N–H and O–H groups in total. The molecule has 2 rings (SSSR count). The van der Waals surface area contributed by atoms with Crippen LogP contribution in [0.5, 0.6) is 0 Å². The van der Waals surface area contributed by atoms with Gasteiger partial charge in [-0.25, -0.2) is 0 Å². The van der Waals surface area contributed by atoms with Crippen LogP contribution in [-0.4, -0.2) is 40.8 Å². The Kier molecular flexibility index (Phi) is 5.57. The van der Waals surface area contributed by atoms with Crippen molar-refractivity contribution in [2.45, 2.75) is 44.6 Å². The largest absolute Gasteiger partial charge is 0.416 e. The second-order valence-corrected chi connectivity index (χ2v) is 6.41. The van der Waals surface area contributed by atoms with E-state index in [4.69, 9.17) is 11.6 Å². The summed E-state index contributed by atoms with van der Waals surface area (Å²) < 4.78 is 38.3. The number of likely N-dealkylation sites (tertiary alicyclic amines) is 1. The van der Waals surface area contributed by atoms with Gasteiger partial charge in [0.2, 0.25) is 0 Å². The fraction of sp³-hybridized carbons (Fsp3) is 0.562. The Labute approximate surface area is 139 Å². The van der Waals surface area contributed by atoms with Gasteiger partial charge >= 0.3 is 11.5 Å². The quantitative estimate of drug-likeness (QED) is 0.599. The van der Waals surface area contributed by atoms with Crippen molar-refractivity contribution in [2.24, 2.45) is 0 Å². The van der Waals surface area contributed by atoms with E-state index in [1.54, 1.807) is 11.0 Å². The van der Waals surface area contributed by atoms with Gasteiger partial charge in [0.1, 0.15) is 0 Å². The summed E-state index contributed by atoms with van der Waals surface area (Å²) in [6.45, 7) is 2.95. The maximum atomic E-state index is 12.8. The molecule has 0 saturated carbocycles. The minimum atomic E-state index is -4.32. The van der Waals surface area contributed by atoms with Crippen LogP contribution in [0.15, 0.2) is 24.3 Å². The zero-order chi connectivity index (χ0) is 17.2. The van der Waals surface area contributed by atoms with E-state index in [-0.39, 0.29) is 12.1 Å². The van der Waals surface area contributed by atoms with Gasteiger partial charge in [-0.1, -0.05) is 18.2 Å². The fourth-order valence-corrected chi connectivity index (χ4v) is 3.32. The number of alkyl halides is 3. The van der Waals surface area contributed by atoms with Crippen molar-refractivity contribution >= 4 is 17.0 Å². The molecule has 0 bridgehead atoms. The number of hydrogen-bond acceptors (Lipinski definition) is 2. The number of hydrogen-bond donors (Lipinski definition) is 0. The van der Waals surface area contributed by atoms with Crippen LogP contribution in [0.3, 0.4) is 0 Å². The van der Waals surface area contributed by atoms with Gasteiger partial charge in [-0.2, -0.15) is 13.2 Å². The second kappa shape index (κ2) is 7.09. The highest BCUT2D eigenvalue weighted by Gasteiger charge is 2.32. The Hall–Kier alpha value is -1.27. The van der Waals surface area contributed by atoms with E-state index in [0.717, 1.165) is 18.9 Å². The van der Waals surface area contributed by atoms with E-state index in [9.17, 15) is 18.0 Å². The van der Waals surface area contributed by atoms with Crippen molar-refractivity contribution in [3.8, 4) is 0 Å². The predicted octanol–water partition coefficient (Wildman–Crippen LogP) is 4.35. The molecule has 1 aliphatic rings. The zero-order valence-electron chi connectivity index (χ0n) is 13.1. The van der Waals surface area contributed by atoms with Gasteiger partial charge in [0.15, 0.2) is 0 Å². The lowest BCUT2D eigenvalue weighted by atomic mass is 9.97. The van der Waals surface area contributed by atoms with E-state index >= 15 is 0 Å². The first-order valence-electron chi connectivity index (χ1n) is 7.51. The van der Waals surface area contributed by atoms with E-state index in [0.29, 0.717) is 18.7 Å². The molecule has 128 valence electrons. The molecule has 1 heterocycles.